The van der Waals surface area contributed by atoms with Crippen LogP contribution >= 0.6 is 11.8 Å². The van der Waals surface area contributed by atoms with E-state index in [0.29, 0.717) is 18.0 Å². The maximum absolute atomic E-state index is 12.0. The highest BCUT2D eigenvalue weighted by molar-refractivity contribution is 8.00. The summed E-state index contributed by atoms with van der Waals surface area (Å²) in [4.78, 5) is 24.7. The van der Waals surface area contributed by atoms with Crippen LogP contribution in [0, 0.1) is 5.92 Å². The molecule has 0 saturated carbocycles. The molecule has 0 bridgehead atoms. The molecule has 1 aliphatic rings. The molecule has 0 radical (unpaired) electrons. The van der Waals surface area contributed by atoms with E-state index in [1.807, 2.05) is 18.2 Å². The number of nitrogens with one attached hydrogen (secondary N) is 2. The highest BCUT2D eigenvalue weighted by Gasteiger charge is 2.29. The van der Waals surface area contributed by atoms with Gasteiger partial charge in [0.15, 0.2) is 5.37 Å². The summed E-state index contributed by atoms with van der Waals surface area (Å²) in [5.74, 6) is 0.237. The smallest absolute Gasteiger partial charge is 0.253 e. The van der Waals surface area contributed by atoms with Crippen LogP contribution in [-0.2, 0) is 4.79 Å². The van der Waals surface area contributed by atoms with Crippen LogP contribution in [-0.4, -0.2) is 23.7 Å². The van der Waals surface area contributed by atoms with Crippen molar-refractivity contribution in [2.45, 2.75) is 30.5 Å². The lowest BCUT2D eigenvalue weighted by Crippen LogP contribution is -2.47. The molecule has 1 unspecified atom stereocenters. The Morgan fingerprint density at radius 1 is 1.42 bits per heavy atom. The van der Waals surface area contributed by atoms with Crippen molar-refractivity contribution in [1.29, 1.82) is 0 Å². The molecular weight excluding hydrogens is 260 g/mol. The third-order valence-corrected chi connectivity index (χ3v) is 4.08. The fourth-order valence-electron chi connectivity index (χ4n) is 1.81. The summed E-state index contributed by atoms with van der Waals surface area (Å²) in [6, 6.07) is 7.33. The number of rotatable bonds is 4. The van der Waals surface area contributed by atoms with Gasteiger partial charge in [-0.25, -0.2) is 0 Å². The molecule has 0 fully saturated rings. The second kappa shape index (κ2) is 6.10. The molecule has 1 aromatic carbocycles. The second-order valence-corrected chi connectivity index (χ2v) is 6.09. The first-order chi connectivity index (χ1) is 9.08. The van der Waals surface area contributed by atoms with Crippen molar-refractivity contribution in [1.82, 2.24) is 10.6 Å². The Morgan fingerprint density at radius 2 is 2.16 bits per heavy atom. The number of benzene rings is 1. The summed E-state index contributed by atoms with van der Waals surface area (Å²) in [6.07, 6.45) is 0.938. The normalized spacial score (nSPS) is 17.8. The van der Waals surface area contributed by atoms with E-state index in [1.165, 1.54) is 11.8 Å². The molecule has 1 aliphatic heterocycles. The number of hydrogen-bond acceptors (Lipinski definition) is 3. The minimum absolute atomic E-state index is 0.131. The number of carbonyl (C=O) groups is 2. The molecule has 2 amide bonds. The van der Waals surface area contributed by atoms with Gasteiger partial charge in [-0.3, -0.25) is 9.59 Å². The average molecular weight is 278 g/mol. The highest BCUT2D eigenvalue weighted by Crippen LogP contribution is 2.30. The molecule has 19 heavy (non-hydrogen) atoms. The summed E-state index contributed by atoms with van der Waals surface area (Å²) < 4.78 is 0. The first-order valence-electron chi connectivity index (χ1n) is 6.42. The molecular formula is C14H18N2O2S. The molecule has 0 aliphatic carbocycles. The topological polar surface area (TPSA) is 58.2 Å². The molecule has 4 nitrogen and oxygen atoms in total. The third-order valence-electron chi connectivity index (χ3n) is 2.90. The fourth-order valence-corrected chi connectivity index (χ4v) is 2.86. The maximum atomic E-state index is 12.0. The van der Waals surface area contributed by atoms with Crippen molar-refractivity contribution in [2.24, 2.45) is 5.92 Å². The Kier molecular flexibility index (Phi) is 4.47. The number of amides is 2. The molecule has 0 spiro atoms. The van der Waals surface area contributed by atoms with Gasteiger partial charge in [0.1, 0.15) is 0 Å². The molecule has 5 heteroatoms. The van der Waals surface area contributed by atoms with E-state index in [-0.39, 0.29) is 11.8 Å². The maximum Gasteiger partial charge on any atom is 0.253 e. The minimum Gasteiger partial charge on any atom is -0.354 e. The van der Waals surface area contributed by atoms with Gasteiger partial charge >= 0.3 is 0 Å². The summed E-state index contributed by atoms with van der Waals surface area (Å²) in [6.45, 7) is 4.87. The highest BCUT2D eigenvalue weighted by atomic mass is 32.2. The van der Waals surface area contributed by atoms with Crippen molar-refractivity contribution in [3.63, 3.8) is 0 Å². The van der Waals surface area contributed by atoms with Crippen LogP contribution in [0.1, 0.15) is 30.6 Å². The van der Waals surface area contributed by atoms with Crippen molar-refractivity contribution < 1.29 is 9.59 Å². The van der Waals surface area contributed by atoms with Gasteiger partial charge in [-0.2, -0.15) is 0 Å². The van der Waals surface area contributed by atoms with E-state index >= 15 is 0 Å². The van der Waals surface area contributed by atoms with E-state index in [2.05, 4.69) is 24.5 Å². The van der Waals surface area contributed by atoms with E-state index in [4.69, 9.17) is 0 Å². The number of thioether (sulfide) groups is 1. The molecule has 0 aromatic heterocycles. The molecule has 2 N–H and O–H groups in total. The fraction of sp³-hybridized carbons (Fsp3) is 0.429. The standard InChI is InChI=1S/C14H18N2O2S/c1-9(2)7-8-15-13(18)14-16-12(17)10-5-3-4-6-11(10)19-14/h3-6,9,14H,7-8H2,1-2H3,(H,15,18)(H,16,17). The summed E-state index contributed by atoms with van der Waals surface area (Å²) in [5.41, 5.74) is 0.638. The van der Waals surface area contributed by atoms with Crippen molar-refractivity contribution in [2.75, 3.05) is 6.54 Å². The number of carbonyl (C=O) groups excluding carboxylic acids is 2. The number of hydrogen-bond donors (Lipinski definition) is 2. The van der Waals surface area contributed by atoms with Crippen molar-refractivity contribution in [3.8, 4) is 0 Å². The molecule has 1 aromatic rings. The SMILES string of the molecule is CC(C)CCNC(=O)C1NC(=O)c2ccccc2S1. The molecule has 2 rings (SSSR count). The van der Waals surface area contributed by atoms with Crippen LogP contribution in [0.15, 0.2) is 29.2 Å². The third kappa shape index (κ3) is 3.50. The second-order valence-electron chi connectivity index (χ2n) is 4.94. The van der Waals surface area contributed by atoms with Crippen LogP contribution in [0.2, 0.25) is 0 Å². The largest absolute Gasteiger partial charge is 0.354 e. The minimum atomic E-state index is -0.533. The van der Waals surface area contributed by atoms with Crippen LogP contribution in [0.3, 0.4) is 0 Å². The Bertz CT molecular complexity index is 488. The first kappa shape index (κ1) is 13.9. The van der Waals surface area contributed by atoms with Gasteiger partial charge in [-0.05, 0) is 24.5 Å². The zero-order valence-electron chi connectivity index (χ0n) is 11.1. The molecule has 1 atom stereocenters. The molecule has 1 heterocycles. The van der Waals surface area contributed by atoms with E-state index in [1.54, 1.807) is 6.07 Å². The summed E-state index contributed by atoms with van der Waals surface area (Å²) >= 11 is 1.38. The summed E-state index contributed by atoms with van der Waals surface area (Å²) in [5, 5.41) is 5.05. The Morgan fingerprint density at radius 3 is 2.89 bits per heavy atom. The van der Waals surface area contributed by atoms with Crippen LogP contribution in [0.25, 0.3) is 0 Å². The van der Waals surface area contributed by atoms with Crippen LogP contribution in [0.5, 0.6) is 0 Å². The van der Waals surface area contributed by atoms with Crippen molar-refractivity contribution in [3.05, 3.63) is 29.8 Å². The monoisotopic (exact) mass is 278 g/mol. The summed E-state index contributed by atoms with van der Waals surface area (Å²) in [7, 11) is 0. The average Bonchev–Trinajstić information content (AvgIpc) is 2.38. The van der Waals surface area contributed by atoms with Crippen molar-refractivity contribution >= 4 is 23.6 Å². The Hall–Kier alpha value is -1.49. The lowest BCUT2D eigenvalue weighted by molar-refractivity contribution is -0.121. The van der Waals surface area contributed by atoms with Gasteiger partial charge in [0.2, 0.25) is 0 Å². The number of fused-ring (bicyclic) bond motifs is 1. The van der Waals surface area contributed by atoms with Gasteiger partial charge in [-0.1, -0.05) is 37.7 Å². The van der Waals surface area contributed by atoms with E-state index in [9.17, 15) is 9.59 Å². The van der Waals surface area contributed by atoms with E-state index in [0.717, 1.165) is 11.3 Å². The molecule has 102 valence electrons. The van der Waals surface area contributed by atoms with Gasteiger partial charge in [0.05, 0.1) is 5.56 Å². The van der Waals surface area contributed by atoms with Crippen LogP contribution < -0.4 is 10.6 Å². The molecule has 0 saturated heterocycles. The first-order valence-corrected chi connectivity index (χ1v) is 7.30. The zero-order valence-corrected chi connectivity index (χ0v) is 11.9. The predicted octanol–water partition coefficient (Wildman–Crippen LogP) is 2.01. The quantitative estimate of drug-likeness (QED) is 0.886. The van der Waals surface area contributed by atoms with Crippen LogP contribution in [0.4, 0.5) is 0 Å². The van der Waals surface area contributed by atoms with Gasteiger partial charge < -0.3 is 10.6 Å². The van der Waals surface area contributed by atoms with Gasteiger partial charge in [0.25, 0.3) is 11.8 Å². The predicted molar refractivity (Wildman–Crippen MR) is 76.0 cm³/mol. The Balaban J connectivity index is 1.97. The van der Waals surface area contributed by atoms with Gasteiger partial charge in [-0.15, -0.1) is 0 Å². The Labute approximate surface area is 117 Å². The lowest BCUT2D eigenvalue weighted by atomic mass is 10.1. The zero-order chi connectivity index (χ0) is 13.8. The van der Waals surface area contributed by atoms with Gasteiger partial charge in [0, 0.05) is 11.4 Å². The lowest BCUT2D eigenvalue weighted by Gasteiger charge is -2.24. The van der Waals surface area contributed by atoms with E-state index < -0.39 is 5.37 Å².